The van der Waals surface area contributed by atoms with Gasteiger partial charge in [0.15, 0.2) is 0 Å². The Hall–Kier alpha value is -2.76. The van der Waals surface area contributed by atoms with Crippen LogP contribution in [0.1, 0.15) is 36.1 Å². The number of nitrogens with zero attached hydrogens (tertiary/aromatic N) is 3. The Labute approximate surface area is 176 Å². The Morgan fingerprint density at radius 1 is 1.03 bits per heavy atom. The molecule has 1 N–H and O–H groups in total. The number of aliphatic hydroxyl groups is 1. The first-order valence-electron chi connectivity index (χ1n) is 10.8. The van der Waals surface area contributed by atoms with E-state index in [1.165, 1.54) is 0 Å². The fourth-order valence-electron chi connectivity index (χ4n) is 5.09. The first-order valence-corrected chi connectivity index (χ1v) is 10.8. The summed E-state index contributed by atoms with van der Waals surface area (Å²) >= 11 is 0. The predicted molar refractivity (Wildman–Crippen MR) is 117 cm³/mol. The van der Waals surface area contributed by atoms with E-state index in [1.54, 1.807) is 12.3 Å². The van der Waals surface area contributed by atoms with Gasteiger partial charge in [0.2, 0.25) is 0 Å². The smallest absolute Gasteiger partial charge is 0.251 e. The van der Waals surface area contributed by atoms with E-state index in [1.807, 2.05) is 53.2 Å². The number of rotatable bonds is 5. The van der Waals surface area contributed by atoms with Crippen molar-refractivity contribution in [2.45, 2.75) is 31.4 Å². The van der Waals surface area contributed by atoms with Crippen molar-refractivity contribution in [3.63, 3.8) is 0 Å². The Morgan fingerprint density at radius 3 is 2.70 bits per heavy atom. The monoisotopic (exact) mass is 401 g/mol. The van der Waals surface area contributed by atoms with Gasteiger partial charge in [0.05, 0.1) is 6.10 Å². The summed E-state index contributed by atoms with van der Waals surface area (Å²) in [5.41, 5.74) is 4.15. The van der Waals surface area contributed by atoms with Crippen LogP contribution in [0.15, 0.2) is 71.8 Å². The Bertz CT molecular complexity index is 1060. The molecule has 5 rings (SSSR count). The van der Waals surface area contributed by atoms with Gasteiger partial charge in [-0.3, -0.25) is 9.78 Å². The molecule has 5 heteroatoms. The number of likely N-dealkylation sites (tertiary alicyclic amines) is 1. The summed E-state index contributed by atoms with van der Waals surface area (Å²) < 4.78 is 1.98. The molecule has 2 aliphatic heterocycles. The summed E-state index contributed by atoms with van der Waals surface area (Å²) in [7, 11) is 0. The van der Waals surface area contributed by atoms with Gasteiger partial charge in [-0.2, -0.15) is 0 Å². The van der Waals surface area contributed by atoms with E-state index < -0.39 is 6.10 Å². The number of benzene rings is 1. The Balaban J connectivity index is 1.34. The molecule has 2 bridgehead atoms. The number of fused-ring (bicyclic) bond motifs is 4. The second-order valence-electron chi connectivity index (χ2n) is 8.63. The third-order valence-electron chi connectivity index (χ3n) is 6.53. The molecule has 0 unspecified atom stereocenters. The first kappa shape index (κ1) is 19.2. The standard InChI is InChI=1S/C25H27N3O2/c29-24(19-5-2-1-3-6-19)8-10-27-15-18-11-22(17-27)23-12-21(13-25(30)28(23)16-18)20-7-4-9-26-14-20/h1-7,9,12-14,18,22,24,29H,8,10-11,15-17H2/t18-,22+,24-/m0/s1. The Kier molecular flexibility index (Phi) is 5.23. The summed E-state index contributed by atoms with van der Waals surface area (Å²) in [4.78, 5) is 19.5. The lowest BCUT2D eigenvalue weighted by molar-refractivity contribution is 0.0923. The Morgan fingerprint density at radius 2 is 1.90 bits per heavy atom. The quantitative estimate of drug-likeness (QED) is 0.711. The highest BCUT2D eigenvalue weighted by Crippen LogP contribution is 2.36. The molecule has 0 saturated carbocycles. The van der Waals surface area contributed by atoms with E-state index in [4.69, 9.17) is 0 Å². The van der Waals surface area contributed by atoms with Gasteiger partial charge in [0.1, 0.15) is 0 Å². The summed E-state index contributed by atoms with van der Waals surface area (Å²) in [5.74, 6) is 0.850. The normalized spacial score (nSPS) is 21.8. The molecular formula is C25H27N3O2. The molecule has 5 nitrogen and oxygen atoms in total. The lowest BCUT2D eigenvalue weighted by atomic mass is 9.82. The maximum Gasteiger partial charge on any atom is 0.251 e. The SMILES string of the molecule is O=c1cc(-c2cccnc2)cc2n1C[C@H]1C[C@@H]2CN(CC[C@H](O)c2ccccc2)C1. The van der Waals surface area contributed by atoms with Gasteiger partial charge in [0, 0.05) is 61.8 Å². The van der Waals surface area contributed by atoms with Gasteiger partial charge in [-0.1, -0.05) is 36.4 Å². The molecule has 0 aliphatic carbocycles. The number of piperidine rings is 1. The minimum absolute atomic E-state index is 0.0917. The number of hydrogen-bond donors (Lipinski definition) is 1. The molecule has 154 valence electrons. The van der Waals surface area contributed by atoms with Crippen LogP contribution >= 0.6 is 0 Å². The van der Waals surface area contributed by atoms with Gasteiger partial charge in [-0.15, -0.1) is 0 Å². The fraction of sp³-hybridized carbons (Fsp3) is 0.360. The summed E-state index contributed by atoms with van der Waals surface area (Å²) in [6.07, 6.45) is 5.00. The van der Waals surface area contributed by atoms with Crippen LogP contribution in [0.3, 0.4) is 0 Å². The van der Waals surface area contributed by atoms with Gasteiger partial charge in [0.25, 0.3) is 5.56 Å². The van der Waals surface area contributed by atoms with Gasteiger partial charge in [-0.05, 0) is 42.0 Å². The van der Waals surface area contributed by atoms with Crippen LogP contribution in [0.4, 0.5) is 0 Å². The lowest BCUT2D eigenvalue weighted by Gasteiger charge is -2.43. The number of pyridine rings is 2. The molecule has 0 amide bonds. The summed E-state index contributed by atoms with van der Waals surface area (Å²) in [5, 5.41) is 10.5. The van der Waals surface area contributed by atoms with Gasteiger partial charge < -0.3 is 14.6 Å². The minimum Gasteiger partial charge on any atom is -0.388 e. The zero-order valence-electron chi connectivity index (χ0n) is 17.0. The van der Waals surface area contributed by atoms with E-state index in [0.717, 1.165) is 61.4 Å². The molecule has 0 radical (unpaired) electrons. The van der Waals surface area contributed by atoms with E-state index in [2.05, 4.69) is 16.0 Å². The average Bonchev–Trinajstić information content (AvgIpc) is 2.79. The highest BCUT2D eigenvalue weighted by atomic mass is 16.3. The van der Waals surface area contributed by atoms with Crippen LogP contribution in [0.2, 0.25) is 0 Å². The highest BCUT2D eigenvalue weighted by Gasteiger charge is 2.34. The zero-order valence-corrected chi connectivity index (χ0v) is 17.0. The molecule has 0 spiro atoms. The van der Waals surface area contributed by atoms with Crippen molar-refractivity contribution in [2.24, 2.45) is 5.92 Å². The van der Waals surface area contributed by atoms with Crippen LogP contribution in [0.5, 0.6) is 0 Å². The van der Waals surface area contributed by atoms with E-state index in [-0.39, 0.29) is 5.56 Å². The van der Waals surface area contributed by atoms with Crippen LogP contribution in [0, 0.1) is 5.92 Å². The van der Waals surface area contributed by atoms with Crippen molar-refractivity contribution < 1.29 is 5.11 Å². The minimum atomic E-state index is -0.431. The van der Waals surface area contributed by atoms with Crippen molar-refractivity contribution in [1.29, 1.82) is 0 Å². The largest absolute Gasteiger partial charge is 0.388 e. The second kappa shape index (κ2) is 8.17. The number of hydrogen-bond acceptors (Lipinski definition) is 4. The zero-order chi connectivity index (χ0) is 20.5. The van der Waals surface area contributed by atoms with Crippen molar-refractivity contribution in [2.75, 3.05) is 19.6 Å². The van der Waals surface area contributed by atoms with Gasteiger partial charge >= 0.3 is 0 Å². The third-order valence-corrected chi connectivity index (χ3v) is 6.53. The highest BCUT2D eigenvalue weighted by molar-refractivity contribution is 5.62. The predicted octanol–water partition coefficient (Wildman–Crippen LogP) is 3.45. The molecule has 1 aromatic carbocycles. The third kappa shape index (κ3) is 3.83. The van der Waals surface area contributed by atoms with Crippen LogP contribution in [-0.2, 0) is 6.54 Å². The van der Waals surface area contributed by atoms with Crippen molar-refractivity contribution >= 4 is 0 Å². The number of aliphatic hydroxyl groups excluding tert-OH is 1. The van der Waals surface area contributed by atoms with Crippen molar-refractivity contribution in [3.8, 4) is 11.1 Å². The van der Waals surface area contributed by atoms with E-state index in [0.29, 0.717) is 11.8 Å². The fourth-order valence-corrected chi connectivity index (χ4v) is 5.09. The first-order chi connectivity index (χ1) is 14.7. The lowest BCUT2D eigenvalue weighted by Crippen LogP contribution is -2.47. The summed E-state index contributed by atoms with van der Waals surface area (Å²) in [6.45, 7) is 3.59. The van der Waals surface area contributed by atoms with E-state index >= 15 is 0 Å². The van der Waals surface area contributed by atoms with E-state index in [9.17, 15) is 9.90 Å². The van der Waals surface area contributed by atoms with Crippen molar-refractivity contribution in [1.82, 2.24) is 14.5 Å². The molecule has 30 heavy (non-hydrogen) atoms. The molecule has 1 fully saturated rings. The molecule has 4 heterocycles. The second-order valence-corrected chi connectivity index (χ2v) is 8.63. The van der Waals surface area contributed by atoms with Gasteiger partial charge in [-0.25, -0.2) is 0 Å². The summed E-state index contributed by atoms with van der Waals surface area (Å²) in [6, 6.07) is 17.7. The average molecular weight is 402 g/mol. The number of aromatic nitrogens is 2. The van der Waals surface area contributed by atoms with Crippen LogP contribution < -0.4 is 5.56 Å². The molecule has 3 aromatic rings. The van der Waals surface area contributed by atoms with Crippen molar-refractivity contribution in [3.05, 3.63) is 88.6 Å². The molecule has 2 aliphatic rings. The molecule has 1 saturated heterocycles. The maximum atomic E-state index is 12.8. The molecule has 3 atom stereocenters. The molecular weight excluding hydrogens is 374 g/mol. The van der Waals surface area contributed by atoms with Crippen LogP contribution in [0.25, 0.3) is 11.1 Å². The van der Waals surface area contributed by atoms with Crippen LogP contribution in [-0.4, -0.2) is 39.2 Å². The maximum absolute atomic E-state index is 12.8. The molecule has 2 aromatic heterocycles. The topological polar surface area (TPSA) is 58.4 Å².